The summed E-state index contributed by atoms with van der Waals surface area (Å²) in [6, 6.07) is 12.8. The smallest absolute Gasteiger partial charge is 0.251 e. The highest BCUT2D eigenvalue weighted by atomic mass is 16.5. The van der Waals surface area contributed by atoms with Gasteiger partial charge < -0.3 is 15.4 Å². The van der Waals surface area contributed by atoms with E-state index in [9.17, 15) is 9.59 Å². The third-order valence-corrected chi connectivity index (χ3v) is 4.84. The van der Waals surface area contributed by atoms with Gasteiger partial charge >= 0.3 is 0 Å². The first-order valence-electron chi connectivity index (χ1n) is 9.62. The SMILES string of the molecule is CCC(C)(C)NC(=O)c1ccc(NC(=O)CCOc2ccc(C)c(C)c2)cc1. The van der Waals surface area contributed by atoms with Crippen LogP contribution in [0.2, 0.25) is 0 Å². The molecule has 0 unspecified atom stereocenters. The summed E-state index contributed by atoms with van der Waals surface area (Å²) in [7, 11) is 0. The monoisotopic (exact) mass is 382 g/mol. The molecule has 5 nitrogen and oxygen atoms in total. The maximum atomic E-state index is 12.3. The highest BCUT2D eigenvalue weighted by Gasteiger charge is 2.18. The van der Waals surface area contributed by atoms with Crippen LogP contribution in [-0.4, -0.2) is 24.0 Å². The van der Waals surface area contributed by atoms with Gasteiger partial charge in [0.05, 0.1) is 13.0 Å². The number of carbonyl (C=O) groups excluding carboxylic acids is 2. The number of nitrogens with one attached hydrogen (secondary N) is 2. The van der Waals surface area contributed by atoms with Gasteiger partial charge in [-0.3, -0.25) is 9.59 Å². The zero-order valence-electron chi connectivity index (χ0n) is 17.4. The van der Waals surface area contributed by atoms with Crippen LogP contribution in [-0.2, 0) is 4.79 Å². The Morgan fingerprint density at radius 2 is 1.68 bits per heavy atom. The molecule has 0 aliphatic carbocycles. The second-order valence-electron chi connectivity index (χ2n) is 7.66. The van der Waals surface area contributed by atoms with Crippen molar-refractivity contribution in [3.63, 3.8) is 0 Å². The predicted octanol–water partition coefficient (Wildman–Crippen LogP) is 4.63. The number of rotatable bonds is 8. The lowest BCUT2D eigenvalue weighted by Gasteiger charge is -2.24. The number of hydrogen-bond acceptors (Lipinski definition) is 3. The second-order valence-corrected chi connectivity index (χ2v) is 7.66. The average molecular weight is 383 g/mol. The van der Waals surface area contributed by atoms with Crippen LogP contribution in [0, 0.1) is 13.8 Å². The minimum Gasteiger partial charge on any atom is -0.493 e. The molecule has 0 aromatic heterocycles. The van der Waals surface area contributed by atoms with E-state index >= 15 is 0 Å². The number of ether oxygens (including phenoxy) is 1. The van der Waals surface area contributed by atoms with Crippen molar-refractivity contribution < 1.29 is 14.3 Å². The fraction of sp³-hybridized carbons (Fsp3) is 0.391. The van der Waals surface area contributed by atoms with Crippen LogP contribution in [0.5, 0.6) is 5.75 Å². The van der Waals surface area contributed by atoms with Gasteiger partial charge in [-0.05, 0) is 81.6 Å². The van der Waals surface area contributed by atoms with E-state index in [-0.39, 0.29) is 23.8 Å². The molecule has 5 heteroatoms. The summed E-state index contributed by atoms with van der Waals surface area (Å²) in [5, 5.41) is 5.81. The van der Waals surface area contributed by atoms with E-state index in [0.29, 0.717) is 17.9 Å². The van der Waals surface area contributed by atoms with Crippen LogP contribution in [0.3, 0.4) is 0 Å². The third kappa shape index (κ3) is 6.41. The van der Waals surface area contributed by atoms with Crippen molar-refractivity contribution in [3.8, 4) is 5.75 Å². The van der Waals surface area contributed by atoms with Crippen molar-refractivity contribution in [3.05, 3.63) is 59.2 Å². The van der Waals surface area contributed by atoms with E-state index in [1.165, 1.54) is 5.56 Å². The van der Waals surface area contributed by atoms with Crippen molar-refractivity contribution in [2.24, 2.45) is 0 Å². The zero-order chi connectivity index (χ0) is 20.7. The normalized spacial score (nSPS) is 11.0. The van der Waals surface area contributed by atoms with Crippen molar-refractivity contribution in [1.82, 2.24) is 5.32 Å². The summed E-state index contributed by atoms with van der Waals surface area (Å²) in [6.45, 7) is 10.4. The Bertz CT molecular complexity index is 826. The summed E-state index contributed by atoms with van der Waals surface area (Å²) in [5.74, 6) is 0.515. The Morgan fingerprint density at radius 3 is 2.29 bits per heavy atom. The van der Waals surface area contributed by atoms with E-state index in [1.54, 1.807) is 24.3 Å². The molecule has 0 saturated carbocycles. The molecule has 2 N–H and O–H groups in total. The number of carbonyl (C=O) groups is 2. The minimum absolute atomic E-state index is 0.119. The molecule has 0 atom stereocenters. The molecule has 2 aromatic carbocycles. The minimum atomic E-state index is -0.250. The number of amides is 2. The molecule has 0 aliphatic heterocycles. The zero-order valence-corrected chi connectivity index (χ0v) is 17.4. The Hall–Kier alpha value is -2.82. The fourth-order valence-corrected chi connectivity index (χ4v) is 2.46. The summed E-state index contributed by atoms with van der Waals surface area (Å²) in [5.41, 5.74) is 3.34. The van der Waals surface area contributed by atoms with Crippen LogP contribution < -0.4 is 15.4 Å². The van der Waals surface area contributed by atoms with Gasteiger partial charge in [0.1, 0.15) is 5.75 Å². The van der Waals surface area contributed by atoms with Gasteiger partial charge in [-0.2, -0.15) is 0 Å². The van der Waals surface area contributed by atoms with E-state index < -0.39 is 0 Å². The lowest BCUT2D eigenvalue weighted by atomic mass is 10.0. The van der Waals surface area contributed by atoms with E-state index in [4.69, 9.17) is 4.74 Å². The summed E-state index contributed by atoms with van der Waals surface area (Å²) in [4.78, 5) is 24.4. The Balaban J connectivity index is 1.82. The first-order chi connectivity index (χ1) is 13.2. The third-order valence-electron chi connectivity index (χ3n) is 4.84. The summed E-state index contributed by atoms with van der Waals surface area (Å²) < 4.78 is 5.64. The molecule has 0 radical (unpaired) electrons. The quantitative estimate of drug-likeness (QED) is 0.699. The highest BCUT2D eigenvalue weighted by Crippen LogP contribution is 2.17. The van der Waals surface area contributed by atoms with Gasteiger partial charge in [-0.15, -0.1) is 0 Å². The van der Waals surface area contributed by atoms with Crippen LogP contribution in [0.25, 0.3) is 0 Å². The number of aryl methyl sites for hydroxylation is 2. The molecule has 0 bridgehead atoms. The van der Waals surface area contributed by atoms with Crippen LogP contribution >= 0.6 is 0 Å². The van der Waals surface area contributed by atoms with Gasteiger partial charge in [0.2, 0.25) is 5.91 Å². The molecular weight excluding hydrogens is 352 g/mol. The standard InChI is InChI=1S/C23H30N2O3/c1-6-23(4,5)25-22(27)18-8-10-19(11-9-18)24-21(26)13-14-28-20-12-7-16(2)17(3)15-20/h7-12,15H,6,13-14H2,1-5H3,(H,24,26)(H,25,27). The predicted molar refractivity (Wildman–Crippen MR) is 113 cm³/mol. The topological polar surface area (TPSA) is 67.4 Å². The fourth-order valence-electron chi connectivity index (χ4n) is 2.46. The van der Waals surface area contributed by atoms with E-state index in [0.717, 1.165) is 17.7 Å². The molecule has 2 amide bonds. The van der Waals surface area contributed by atoms with Crippen molar-refractivity contribution in [2.75, 3.05) is 11.9 Å². The molecule has 0 aliphatic rings. The Labute approximate surface area is 167 Å². The molecule has 2 rings (SSSR count). The largest absolute Gasteiger partial charge is 0.493 e. The summed E-state index contributed by atoms with van der Waals surface area (Å²) in [6.07, 6.45) is 1.09. The number of benzene rings is 2. The van der Waals surface area contributed by atoms with Gasteiger partial charge in [0.25, 0.3) is 5.91 Å². The van der Waals surface area contributed by atoms with Gasteiger partial charge in [-0.25, -0.2) is 0 Å². The van der Waals surface area contributed by atoms with Crippen LogP contribution in [0.1, 0.15) is 55.1 Å². The van der Waals surface area contributed by atoms with Crippen molar-refractivity contribution in [1.29, 1.82) is 0 Å². The maximum absolute atomic E-state index is 12.3. The lowest BCUT2D eigenvalue weighted by molar-refractivity contribution is -0.116. The molecular formula is C23H30N2O3. The summed E-state index contributed by atoms with van der Waals surface area (Å²) >= 11 is 0. The lowest BCUT2D eigenvalue weighted by Crippen LogP contribution is -2.42. The maximum Gasteiger partial charge on any atom is 0.251 e. The highest BCUT2D eigenvalue weighted by molar-refractivity contribution is 5.96. The van der Waals surface area contributed by atoms with Gasteiger partial charge in [0, 0.05) is 16.8 Å². The van der Waals surface area contributed by atoms with Gasteiger partial charge in [-0.1, -0.05) is 13.0 Å². The van der Waals surface area contributed by atoms with E-state index in [2.05, 4.69) is 10.6 Å². The Kier molecular flexibility index (Phi) is 7.21. The molecule has 2 aromatic rings. The molecule has 150 valence electrons. The number of hydrogen-bond donors (Lipinski definition) is 2. The van der Waals surface area contributed by atoms with Crippen LogP contribution in [0.4, 0.5) is 5.69 Å². The van der Waals surface area contributed by atoms with Crippen LogP contribution in [0.15, 0.2) is 42.5 Å². The molecule has 0 fully saturated rings. The number of anilines is 1. The van der Waals surface area contributed by atoms with Crippen molar-refractivity contribution in [2.45, 2.75) is 53.0 Å². The average Bonchev–Trinajstić information content (AvgIpc) is 2.65. The van der Waals surface area contributed by atoms with Crippen molar-refractivity contribution >= 4 is 17.5 Å². The molecule has 28 heavy (non-hydrogen) atoms. The second kappa shape index (κ2) is 9.40. The molecule has 0 heterocycles. The first-order valence-corrected chi connectivity index (χ1v) is 9.62. The Morgan fingerprint density at radius 1 is 1.00 bits per heavy atom. The van der Waals surface area contributed by atoms with E-state index in [1.807, 2.05) is 52.8 Å². The first kappa shape index (κ1) is 21.5. The molecule has 0 spiro atoms. The molecule has 0 saturated heterocycles. The van der Waals surface area contributed by atoms with Gasteiger partial charge in [0.15, 0.2) is 0 Å².